The Morgan fingerprint density at radius 1 is 1.21 bits per heavy atom. The average molecular weight is 396 g/mol. The number of carbonyl (C=O) groups excluding carboxylic acids is 2. The van der Waals surface area contributed by atoms with Gasteiger partial charge in [-0.05, 0) is 37.1 Å². The molecule has 1 saturated heterocycles. The molecule has 0 aliphatic carbocycles. The van der Waals surface area contributed by atoms with Crippen molar-refractivity contribution >= 4 is 23.6 Å². The van der Waals surface area contributed by atoms with E-state index in [1.165, 1.54) is 17.0 Å². The lowest BCUT2D eigenvalue weighted by molar-refractivity contribution is -0.123. The van der Waals surface area contributed by atoms with Crippen LogP contribution < -0.4 is 15.0 Å². The number of fused-ring (bicyclic) bond motifs is 1. The van der Waals surface area contributed by atoms with Crippen molar-refractivity contribution in [2.45, 2.75) is 18.9 Å². The summed E-state index contributed by atoms with van der Waals surface area (Å²) in [5.41, 5.74) is 0.730. The highest BCUT2D eigenvalue weighted by molar-refractivity contribution is 6.12. The van der Waals surface area contributed by atoms with E-state index in [1.54, 1.807) is 42.5 Å². The number of halogens is 1. The van der Waals surface area contributed by atoms with Crippen LogP contribution in [0.25, 0.3) is 6.08 Å². The number of nitrogens with zero attached hydrogens (tertiary/aromatic N) is 1. The zero-order valence-electron chi connectivity index (χ0n) is 15.8. The van der Waals surface area contributed by atoms with Gasteiger partial charge in [0.2, 0.25) is 5.91 Å². The standard InChI is InChI=1S/C22H21FN2O4/c23-17-8-2-1-6-15(17)12-20-22(27)25(18-9-3-4-10-19(18)29-20)14-21(26)24-13-16-7-5-11-28-16/h1-4,6,8-10,12,16H,5,7,11,13-14H2,(H,24,26)/b20-12-/t16-/m1/s1. The summed E-state index contributed by atoms with van der Waals surface area (Å²) in [5, 5.41) is 2.82. The molecule has 0 saturated carbocycles. The van der Waals surface area contributed by atoms with Crippen LogP contribution in [0.2, 0.25) is 0 Å². The summed E-state index contributed by atoms with van der Waals surface area (Å²) in [6.07, 6.45) is 3.27. The molecular weight excluding hydrogens is 375 g/mol. The van der Waals surface area contributed by atoms with Gasteiger partial charge in [-0.25, -0.2) is 4.39 Å². The molecule has 2 aromatic carbocycles. The van der Waals surface area contributed by atoms with E-state index in [-0.39, 0.29) is 29.9 Å². The number of ether oxygens (including phenoxy) is 2. The molecule has 4 rings (SSSR count). The Kier molecular flexibility index (Phi) is 5.57. The maximum atomic E-state index is 14.0. The Hall–Kier alpha value is -3.19. The molecule has 29 heavy (non-hydrogen) atoms. The second kappa shape index (κ2) is 8.45. The molecule has 2 aliphatic rings. The summed E-state index contributed by atoms with van der Waals surface area (Å²) in [4.78, 5) is 26.8. The lowest BCUT2D eigenvalue weighted by atomic mass is 10.1. The number of anilines is 1. The highest BCUT2D eigenvalue weighted by Gasteiger charge is 2.32. The molecule has 1 N–H and O–H groups in total. The molecule has 150 valence electrons. The smallest absolute Gasteiger partial charge is 0.294 e. The molecule has 1 atom stereocenters. The SMILES string of the molecule is O=C(CN1C(=O)/C(=C/c2ccccc2F)Oc2ccccc21)NC[C@H]1CCCO1. The van der Waals surface area contributed by atoms with Crippen molar-refractivity contribution in [1.29, 1.82) is 0 Å². The maximum absolute atomic E-state index is 14.0. The first-order chi connectivity index (χ1) is 14.1. The second-order valence-electron chi connectivity index (χ2n) is 6.93. The lowest BCUT2D eigenvalue weighted by Crippen LogP contribution is -2.45. The second-order valence-corrected chi connectivity index (χ2v) is 6.93. The molecule has 7 heteroatoms. The molecule has 2 amide bonds. The predicted molar refractivity (Wildman–Crippen MR) is 106 cm³/mol. The van der Waals surface area contributed by atoms with E-state index in [0.29, 0.717) is 24.6 Å². The summed E-state index contributed by atoms with van der Waals surface area (Å²) >= 11 is 0. The average Bonchev–Trinajstić information content (AvgIpc) is 3.25. The third kappa shape index (κ3) is 4.30. The van der Waals surface area contributed by atoms with Crippen LogP contribution in [0.1, 0.15) is 18.4 Å². The van der Waals surface area contributed by atoms with Gasteiger partial charge in [0.1, 0.15) is 12.4 Å². The van der Waals surface area contributed by atoms with Gasteiger partial charge in [0.25, 0.3) is 5.91 Å². The van der Waals surface area contributed by atoms with Crippen LogP contribution in [0.5, 0.6) is 5.75 Å². The van der Waals surface area contributed by atoms with Crippen molar-refractivity contribution in [3.05, 3.63) is 65.7 Å². The van der Waals surface area contributed by atoms with Gasteiger partial charge >= 0.3 is 0 Å². The number of nitrogens with one attached hydrogen (secondary N) is 1. The summed E-state index contributed by atoms with van der Waals surface area (Å²) < 4.78 is 25.2. The van der Waals surface area contributed by atoms with Gasteiger partial charge in [0.15, 0.2) is 11.5 Å². The van der Waals surface area contributed by atoms with Crippen molar-refractivity contribution < 1.29 is 23.5 Å². The molecule has 0 bridgehead atoms. The largest absolute Gasteiger partial charge is 0.449 e. The number of rotatable bonds is 5. The molecule has 2 heterocycles. The van der Waals surface area contributed by atoms with Crippen molar-refractivity contribution in [3.8, 4) is 5.75 Å². The van der Waals surface area contributed by atoms with Gasteiger partial charge in [0, 0.05) is 18.7 Å². The summed E-state index contributed by atoms with van der Waals surface area (Å²) in [6, 6.07) is 13.0. The van der Waals surface area contributed by atoms with Crippen molar-refractivity contribution in [1.82, 2.24) is 5.32 Å². The van der Waals surface area contributed by atoms with Crippen LogP contribution >= 0.6 is 0 Å². The number of hydrogen-bond donors (Lipinski definition) is 1. The first kappa shape index (κ1) is 19.1. The summed E-state index contributed by atoms with van der Waals surface area (Å²) in [6.45, 7) is 0.956. The van der Waals surface area contributed by atoms with Gasteiger partial charge in [0.05, 0.1) is 11.8 Å². The minimum Gasteiger partial charge on any atom is -0.449 e. The summed E-state index contributed by atoms with van der Waals surface area (Å²) in [5.74, 6) is -0.867. The fourth-order valence-corrected chi connectivity index (χ4v) is 3.39. The third-order valence-corrected chi connectivity index (χ3v) is 4.88. The Balaban J connectivity index is 1.55. The zero-order valence-corrected chi connectivity index (χ0v) is 15.8. The Labute approximate surface area is 167 Å². The van der Waals surface area contributed by atoms with E-state index < -0.39 is 11.7 Å². The maximum Gasteiger partial charge on any atom is 0.294 e. The van der Waals surface area contributed by atoms with Crippen LogP contribution in [0.3, 0.4) is 0 Å². The van der Waals surface area contributed by atoms with Crippen molar-refractivity contribution in [2.75, 3.05) is 24.6 Å². The topological polar surface area (TPSA) is 67.9 Å². The Morgan fingerprint density at radius 3 is 2.79 bits per heavy atom. The van der Waals surface area contributed by atoms with Crippen LogP contribution in [-0.2, 0) is 14.3 Å². The van der Waals surface area contributed by atoms with E-state index in [9.17, 15) is 14.0 Å². The van der Waals surface area contributed by atoms with Gasteiger partial charge in [-0.2, -0.15) is 0 Å². The molecule has 2 aliphatic heterocycles. The van der Waals surface area contributed by atoms with Gasteiger partial charge < -0.3 is 14.8 Å². The fraction of sp³-hybridized carbons (Fsp3) is 0.273. The van der Waals surface area contributed by atoms with E-state index in [4.69, 9.17) is 9.47 Å². The summed E-state index contributed by atoms with van der Waals surface area (Å²) in [7, 11) is 0. The minimum atomic E-state index is -0.501. The fourth-order valence-electron chi connectivity index (χ4n) is 3.39. The molecule has 1 fully saturated rings. The molecule has 6 nitrogen and oxygen atoms in total. The van der Waals surface area contributed by atoms with Crippen LogP contribution in [0, 0.1) is 5.82 Å². The number of hydrogen-bond acceptors (Lipinski definition) is 4. The molecule has 2 aromatic rings. The first-order valence-corrected chi connectivity index (χ1v) is 9.55. The minimum absolute atomic E-state index is 0.0168. The van der Waals surface area contributed by atoms with Crippen LogP contribution in [-0.4, -0.2) is 37.6 Å². The van der Waals surface area contributed by atoms with E-state index >= 15 is 0 Å². The third-order valence-electron chi connectivity index (χ3n) is 4.88. The van der Waals surface area contributed by atoms with Gasteiger partial charge in [-0.15, -0.1) is 0 Å². The van der Waals surface area contributed by atoms with E-state index in [0.717, 1.165) is 12.8 Å². The highest BCUT2D eigenvalue weighted by atomic mass is 19.1. The van der Waals surface area contributed by atoms with Crippen molar-refractivity contribution in [2.24, 2.45) is 0 Å². The molecule has 0 aromatic heterocycles. The van der Waals surface area contributed by atoms with E-state index in [2.05, 4.69) is 5.32 Å². The monoisotopic (exact) mass is 396 g/mol. The molecule has 0 radical (unpaired) electrons. The normalized spacial score (nSPS) is 19.8. The first-order valence-electron chi connectivity index (χ1n) is 9.55. The Morgan fingerprint density at radius 2 is 2.00 bits per heavy atom. The van der Waals surface area contributed by atoms with E-state index in [1.807, 2.05) is 0 Å². The van der Waals surface area contributed by atoms with Gasteiger partial charge in [-0.1, -0.05) is 30.3 Å². The molecule has 0 spiro atoms. The quantitative estimate of drug-likeness (QED) is 0.790. The van der Waals surface area contributed by atoms with Crippen molar-refractivity contribution in [3.63, 3.8) is 0 Å². The van der Waals surface area contributed by atoms with Crippen LogP contribution in [0.4, 0.5) is 10.1 Å². The number of benzene rings is 2. The number of carbonyl (C=O) groups is 2. The number of amides is 2. The number of para-hydroxylation sites is 2. The van der Waals surface area contributed by atoms with Crippen LogP contribution in [0.15, 0.2) is 54.3 Å². The zero-order chi connectivity index (χ0) is 20.2. The molecule has 0 unspecified atom stereocenters. The molecular formula is C22H21FN2O4. The van der Waals surface area contributed by atoms with Gasteiger partial charge in [-0.3, -0.25) is 14.5 Å². The highest BCUT2D eigenvalue weighted by Crippen LogP contribution is 2.35. The Bertz CT molecular complexity index is 953. The lowest BCUT2D eigenvalue weighted by Gasteiger charge is -2.30. The predicted octanol–water partition coefficient (Wildman–Crippen LogP) is 2.89.